The predicted octanol–water partition coefficient (Wildman–Crippen LogP) is 2.19. The summed E-state index contributed by atoms with van der Waals surface area (Å²) in [5, 5.41) is 0. The number of methoxy groups -OCH3 is 1. The highest BCUT2D eigenvalue weighted by molar-refractivity contribution is 7.98. The Bertz CT molecular complexity index is 382. The summed E-state index contributed by atoms with van der Waals surface area (Å²) in [7, 11) is 1.50. The fourth-order valence-corrected chi connectivity index (χ4v) is 1.73. The first-order valence-electron chi connectivity index (χ1n) is 5.28. The van der Waals surface area contributed by atoms with Crippen molar-refractivity contribution in [3.05, 3.63) is 23.8 Å². The molecule has 2 N–H and O–H groups in total. The molecule has 1 aromatic carbocycles. The average Bonchev–Trinajstić information content (AvgIpc) is 2.34. The lowest BCUT2D eigenvalue weighted by Crippen LogP contribution is -2.09. The van der Waals surface area contributed by atoms with Gasteiger partial charge >= 0.3 is 5.97 Å². The molecule has 0 unspecified atom stereocenters. The van der Waals surface area contributed by atoms with Gasteiger partial charge in [0.05, 0.1) is 13.7 Å². The van der Waals surface area contributed by atoms with Gasteiger partial charge in [-0.25, -0.2) is 4.79 Å². The van der Waals surface area contributed by atoms with Crippen molar-refractivity contribution in [2.24, 2.45) is 0 Å². The largest absolute Gasteiger partial charge is 0.496 e. The first-order valence-corrected chi connectivity index (χ1v) is 6.68. The number of benzene rings is 1. The fraction of sp³-hybridized carbons (Fsp3) is 0.417. The Labute approximate surface area is 105 Å². The molecule has 0 aliphatic heterocycles. The number of anilines is 1. The van der Waals surface area contributed by atoms with Crippen molar-refractivity contribution in [2.45, 2.75) is 6.42 Å². The Kier molecular flexibility index (Phi) is 5.69. The highest BCUT2D eigenvalue weighted by Gasteiger charge is 2.13. The van der Waals surface area contributed by atoms with Crippen LogP contribution in [-0.2, 0) is 4.74 Å². The third kappa shape index (κ3) is 4.19. The molecule has 0 aliphatic carbocycles. The number of nitrogen functional groups attached to an aromatic ring is 1. The molecule has 0 radical (unpaired) electrons. The normalized spacial score (nSPS) is 10.0. The Morgan fingerprint density at radius 2 is 2.24 bits per heavy atom. The van der Waals surface area contributed by atoms with Gasteiger partial charge in [-0.05, 0) is 30.6 Å². The number of ether oxygens (including phenoxy) is 2. The predicted molar refractivity (Wildman–Crippen MR) is 70.7 cm³/mol. The van der Waals surface area contributed by atoms with Gasteiger partial charge in [0.1, 0.15) is 11.3 Å². The van der Waals surface area contributed by atoms with E-state index in [1.54, 1.807) is 30.0 Å². The van der Waals surface area contributed by atoms with Gasteiger partial charge in [-0.1, -0.05) is 0 Å². The molecule has 5 heteroatoms. The zero-order valence-corrected chi connectivity index (χ0v) is 10.9. The molecule has 0 atom stereocenters. The minimum Gasteiger partial charge on any atom is -0.496 e. The molecule has 0 heterocycles. The van der Waals surface area contributed by atoms with Gasteiger partial charge in [0.25, 0.3) is 0 Å². The summed E-state index contributed by atoms with van der Waals surface area (Å²) < 4.78 is 10.2. The van der Waals surface area contributed by atoms with Crippen molar-refractivity contribution in [1.29, 1.82) is 0 Å². The number of thioether (sulfide) groups is 1. The molecule has 4 nitrogen and oxygen atoms in total. The molecule has 0 spiro atoms. The van der Waals surface area contributed by atoms with E-state index in [9.17, 15) is 4.79 Å². The Balaban J connectivity index is 2.62. The van der Waals surface area contributed by atoms with E-state index < -0.39 is 0 Å². The number of nitrogens with two attached hydrogens (primary N) is 1. The zero-order valence-electron chi connectivity index (χ0n) is 10.1. The van der Waals surface area contributed by atoms with Crippen LogP contribution >= 0.6 is 11.8 Å². The summed E-state index contributed by atoms with van der Waals surface area (Å²) in [6.07, 6.45) is 2.87. The van der Waals surface area contributed by atoms with E-state index in [-0.39, 0.29) is 5.97 Å². The van der Waals surface area contributed by atoms with Crippen LogP contribution in [0.25, 0.3) is 0 Å². The lowest BCUT2D eigenvalue weighted by atomic mass is 10.2. The van der Waals surface area contributed by atoms with Gasteiger partial charge in [-0.3, -0.25) is 0 Å². The summed E-state index contributed by atoms with van der Waals surface area (Å²) in [6, 6.07) is 4.88. The second-order valence-electron chi connectivity index (χ2n) is 3.44. The van der Waals surface area contributed by atoms with Gasteiger partial charge in [0.2, 0.25) is 0 Å². The molecule has 0 amide bonds. The maximum atomic E-state index is 11.7. The molecule has 0 aliphatic rings. The van der Waals surface area contributed by atoms with E-state index in [0.29, 0.717) is 23.6 Å². The van der Waals surface area contributed by atoms with E-state index in [1.807, 2.05) is 6.26 Å². The van der Waals surface area contributed by atoms with Crippen LogP contribution < -0.4 is 10.5 Å². The van der Waals surface area contributed by atoms with Crippen molar-refractivity contribution >= 4 is 23.4 Å². The quantitative estimate of drug-likeness (QED) is 0.479. The fourth-order valence-electron chi connectivity index (χ4n) is 1.32. The monoisotopic (exact) mass is 255 g/mol. The molecule has 0 aromatic heterocycles. The number of rotatable bonds is 6. The average molecular weight is 255 g/mol. The molecular weight excluding hydrogens is 238 g/mol. The number of hydrogen-bond donors (Lipinski definition) is 1. The third-order valence-electron chi connectivity index (χ3n) is 2.17. The minimum atomic E-state index is -0.372. The van der Waals surface area contributed by atoms with Crippen molar-refractivity contribution in [2.75, 3.05) is 31.5 Å². The lowest BCUT2D eigenvalue weighted by Gasteiger charge is -2.09. The van der Waals surface area contributed by atoms with Crippen molar-refractivity contribution in [3.63, 3.8) is 0 Å². The highest BCUT2D eigenvalue weighted by Crippen LogP contribution is 2.22. The van der Waals surface area contributed by atoms with E-state index in [4.69, 9.17) is 15.2 Å². The zero-order chi connectivity index (χ0) is 12.7. The molecule has 0 fully saturated rings. The van der Waals surface area contributed by atoms with Gasteiger partial charge < -0.3 is 15.2 Å². The second kappa shape index (κ2) is 7.06. The third-order valence-corrected chi connectivity index (χ3v) is 2.87. The molecule has 0 bridgehead atoms. The molecular formula is C12H17NO3S. The SMILES string of the molecule is COc1cc(N)ccc1C(=O)OCCCSC. The summed E-state index contributed by atoms with van der Waals surface area (Å²) >= 11 is 1.73. The number of hydrogen-bond acceptors (Lipinski definition) is 5. The summed E-state index contributed by atoms with van der Waals surface area (Å²) in [5.41, 5.74) is 6.57. The highest BCUT2D eigenvalue weighted by atomic mass is 32.2. The van der Waals surface area contributed by atoms with Crippen LogP contribution in [0.2, 0.25) is 0 Å². The van der Waals surface area contributed by atoms with Crippen molar-refractivity contribution in [3.8, 4) is 5.75 Å². The molecule has 0 saturated carbocycles. The van der Waals surface area contributed by atoms with Crippen LogP contribution in [0.5, 0.6) is 5.75 Å². The van der Waals surface area contributed by atoms with Gasteiger partial charge in [0, 0.05) is 11.8 Å². The first kappa shape index (κ1) is 13.7. The number of carbonyl (C=O) groups is 1. The van der Waals surface area contributed by atoms with Crippen molar-refractivity contribution < 1.29 is 14.3 Å². The van der Waals surface area contributed by atoms with Crippen LogP contribution in [0.4, 0.5) is 5.69 Å². The first-order chi connectivity index (χ1) is 8.19. The molecule has 94 valence electrons. The molecule has 1 aromatic rings. The van der Waals surface area contributed by atoms with Gasteiger partial charge in [0.15, 0.2) is 0 Å². The minimum absolute atomic E-state index is 0.372. The maximum absolute atomic E-state index is 11.7. The number of carbonyl (C=O) groups excluding carboxylic acids is 1. The van der Waals surface area contributed by atoms with Crippen LogP contribution in [0, 0.1) is 0 Å². The Morgan fingerprint density at radius 3 is 2.88 bits per heavy atom. The van der Waals surface area contributed by atoms with E-state index in [2.05, 4.69) is 0 Å². The maximum Gasteiger partial charge on any atom is 0.341 e. The van der Waals surface area contributed by atoms with Crippen LogP contribution in [0.15, 0.2) is 18.2 Å². The Morgan fingerprint density at radius 1 is 1.47 bits per heavy atom. The summed E-state index contributed by atoms with van der Waals surface area (Å²) in [5.74, 6) is 1.05. The van der Waals surface area contributed by atoms with Gasteiger partial charge in [-0.2, -0.15) is 11.8 Å². The molecule has 1 rings (SSSR count). The van der Waals surface area contributed by atoms with Gasteiger partial charge in [-0.15, -0.1) is 0 Å². The summed E-state index contributed by atoms with van der Waals surface area (Å²) in [6.45, 7) is 0.424. The van der Waals surface area contributed by atoms with Crippen LogP contribution in [0.1, 0.15) is 16.8 Å². The van der Waals surface area contributed by atoms with Crippen LogP contribution in [0.3, 0.4) is 0 Å². The smallest absolute Gasteiger partial charge is 0.341 e. The van der Waals surface area contributed by atoms with Crippen molar-refractivity contribution in [1.82, 2.24) is 0 Å². The van der Waals surface area contributed by atoms with E-state index in [0.717, 1.165) is 12.2 Å². The van der Waals surface area contributed by atoms with E-state index >= 15 is 0 Å². The topological polar surface area (TPSA) is 61.5 Å². The second-order valence-corrected chi connectivity index (χ2v) is 4.43. The number of esters is 1. The standard InChI is InChI=1S/C12H17NO3S/c1-15-11-8-9(13)4-5-10(11)12(14)16-6-3-7-17-2/h4-5,8H,3,6-7,13H2,1-2H3. The van der Waals surface area contributed by atoms with E-state index in [1.165, 1.54) is 7.11 Å². The lowest BCUT2D eigenvalue weighted by molar-refractivity contribution is 0.0503. The molecule has 17 heavy (non-hydrogen) atoms. The molecule has 0 saturated heterocycles. The summed E-state index contributed by atoms with van der Waals surface area (Å²) in [4.78, 5) is 11.7. The van der Waals surface area contributed by atoms with Crippen LogP contribution in [-0.4, -0.2) is 31.7 Å². The Hall–Kier alpha value is -1.36.